The van der Waals surface area contributed by atoms with Crippen molar-refractivity contribution in [3.8, 4) is 11.8 Å². The Hall–Kier alpha value is -2.97. The molecule has 1 aromatic heterocycles. The highest BCUT2D eigenvalue weighted by Crippen LogP contribution is 2.30. The zero-order chi connectivity index (χ0) is 26.8. The minimum absolute atomic E-state index is 0.0287. The van der Waals surface area contributed by atoms with E-state index in [0.29, 0.717) is 33.7 Å². The van der Waals surface area contributed by atoms with Crippen LogP contribution in [0, 0.1) is 17.7 Å². The Morgan fingerprint density at radius 1 is 1.11 bits per heavy atom. The van der Waals surface area contributed by atoms with Gasteiger partial charge in [0.25, 0.3) is 0 Å². The SMILES string of the molecule is CN1CCCN(C(C)(C)C#Cc2cc3ncnc(Nc4ccc(F)c(Cl)c4)c3cc2NS(C)(=O)=O)CC1. The standard InChI is InChI=1S/C26H30ClFN6O2S/c1-26(2,34-11-5-10-33(3)12-13-34)9-8-18-14-24-20(16-23(18)32-37(4,35)36)25(30-17-29-24)31-19-6-7-22(28)21(27)15-19/h6-7,14-17,32H,5,10-13H2,1-4H3,(H,29,30,31). The molecular formula is C26H30ClFN6O2S. The fourth-order valence-electron chi connectivity index (χ4n) is 4.21. The Balaban J connectivity index is 1.74. The number of likely N-dealkylation sites (N-methyl/N-ethyl adjacent to an activating group) is 1. The molecule has 1 aliphatic heterocycles. The summed E-state index contributed by atoms with van der Waals surface area (Å²) >= 11 is 5.92. The third kappa shape index (κ3) is 6.87. The van der Waals surface area contributed by atoms with Crippen LogP contribution in [0.1, 0.15) is 25.8 Å². The number of aromatic nitrogens is 2. The largest absolute Gasteiger partial charge is 0.340 e. The van der Waals surface area contributed by atoms with E-state index >= 15 is 0 Å². The molecule has 1 aliphatic rings. The second-order valence-electron chi connectivity index (χ2n) is 9.72. The minimum Gasteiger partial charge on any atom is -0.340 e. The molecule has 2 aromatic carbocycles. The van der Waals surface area contributed by atoms with Gasteiger partial charge in [-0.15, -0.1) is 0 Å². The van der Waals surface area contributed by atoms with Crippen molar-refractivity contribution in [1.82, 2.24) is 19.8 Å². The van der Waals surface area contributed by atoms with Crippen molar-refractivity contribution in [3.63, 3.8) is 0 Å². The van der Waals surface area contributed by atoms with E-state index in [1.807, 2.05) is 0 Å². The lowest BCUT2D eigenvalue weighted by Crippen LogP contribution is -2.44. The lowest BCUT2D eigenvalue weighted by Gasteiger charge is -2.33. The van der Waals surface area contributed by atoms with Crippen LogP contribution in [0.5, 0.6) is 0 Å². The van der Waals surface area contributed by atoms with E-state index in [9.17, 15) is 12.8 Å². The molecule has 1 fully saturated rings. The lowest BCUT2D eigenvalue weighted by atomic mass is 10.0. The van der Waals surface area contributed by atoms with Gasteiger partial charge in [0.05, 0.1) is 33.6 Å². The van der Waals surface area contributed by atoms with Crippen LogP contribution >= 0.6 is 11.6 Å². The molecule has 4 rings (SSSR count). The molecule has 37 heavy (non-hydrogen) atoms. The van der Waals surface area contributed by atoms with Crippen molar-refractivity contribution in [1.29, 1.82) is 0 Å². The monoisotopic (exact) mass is 544 g/mol. The summed E-state index contributed by atoms with van der Waals surface area (Å²) in [6.07, 6.45) is 3.55. The molecule has 0 radical (unpaired) electrons. The molecule has 0 atom stereocenters. The first-order chi connectivity index (χ1) is 17.4. The van der Waals surface area contributed by atoms with Crippen molar-refractivity contribution in [2.45, 2.75) is 25.8 Å². The van der Waals surface area contributed by atoms with Gasteiger partial charge in [-0.1, -0.05) is 23.4 Å². The van der Waals surface area contributed by atoms with Crippen LogP contribution in [-0.4, -0.2) is 73.2 Å². The van der Waals surface area contributed by atoms with Crippen LogP contribution in [-0.2, 0) is 10.0 Å². The molecule has 0 amide bonds. The lowest BCUT2D eigenvalue weighted by molar-refractivity contribution is 0.176. The Morgan fingerprint density at radius 3 is 2.62 bits per heavy atom. The second-order valence-corrected chi connectivity index (χ2v) is 11.9. The Kier molecular flexibility index (Phi) is 7.90. The molecule has 3 aromatic rings. The molecule has 2 heterocycles. The fraction of sp³-hybridized carbons (Fsp3) is 0.385. The third-order valence-corrected chi connectivity index (χ3v) is 7.15. The van der Waals surface area contributed by atoms with E-state index in [0.717, 1.165) is 38.9 Å². The van der Waals surface area contributed by atoms with Gasteiger partial charge in [-0.3, -0.25) is 9.62 Å². The number of sulfonamides is 1. The number of fused-ring (bicyclic) bond motifs is 1. The Bertz CT molecular complexity index is 1490. The van der Waals surface area contributed by atoms with E-state index in [2.05, 4.69) is 62.5 Å². The van der Waals surface area contributed by atoms with E-state index in [1.54, 1.807) is 12.1 Å². The van der Waals surface area contributed by atoms with Gasteiger partial charge in [0.2, 0.25) is 10.0 Å². The van der Waals surface area contributed by atoms with E-state index in [1.165, 1.54) is 24.5 Å². The van der Waals surface area contributed by atoms with E-state index in [-0.39, 0.29) is 5.02 Å². The van der Waals surface area contributed by atoms with Crippen LogP contribution in [0.4, 0.5) is 21.6 Å². The van der Waals surface area contributed by atoms with Crippen LogP contribution in [0.15, 0.2) is 36.7 Å². The number of nitrogens with one attached hydrogen (secondary N) is 2. The normalized spacial score (nSPS) is 15.6. The average Bonchev–Trinajstić information content (AvgIpc) is 3.04. The van der Waals surface area contributed by atoms with Crippen LogP contribution < -0.4 is 10.0 Å². The molecule has 1 saturated heterocycles. The fourth-order valence-corrected chi connectivity index (χ4v) is 4.95. The van der Waals surface area contributed by atoms with Crippen LogP contribution in [0.2, 0.25) is 5.02 Å². The van der Waals surface area contributed by atoms with Gasteiger partial charge in [-0.05, 0) is 64.2 Å². The first-order valence-corrected chi connectivity index (χ1v) is 14.1. The number of benzene rings is 2. The van der Waals surface area contributed by atoms with Crippen molar-refractivity contribution in [3.05, 3.63) is 53.1 Å². The number of nitrogens with zero attached hydrogens (tertiary/aromatic N) is 4. The summed E-state index contributed by atoms with van der Waals surface area (Å²) in [4.78, 5) is 13.3. The molecule has 0 unspecified atom stereocenters. The molecule has 0 spiro atoms. The maximum absolute atomic E-state index is 13.6. The predicted molar refractivity (Wildman–Crippen MR) is 147 cm³/mol. The number of anilines is 3. The maximum atomic E-state index is 13.6. The van der Waals surface area contributed by atoms with Crippen LogP contribution in [0.25, 0.3) is 10.9 Å². The van der Waals surface area contributed by atoms with E-state index < -0.39 is 21.4 Å². The summed E-state index contributed by atoms with van der Waals surface area (Å²) < 4.78 is 40.5. The Morgan fingerprint density at radius 2 is 1.89 bits per heavy atom. The minimum atomic E-state index is -3.59. The second kappa shape index (κ2) is 10.8. The summed E-state index contributed by atoms with van der Waals surface area (Å²) in [5.41, 5.74) is 1.51. The molecule has 0 bridgehead atoms. The van der Waals surface area contributed by atoms with Gasteiger partial charge in [0, 0.05) is 30.7 Å². The van der Waals surface area contributed by atoms with Crippen molar-refractivity contribution < 1.29 is 12.8 Å². The highest BCUT2D eigenvalue weighted by molar-refractivity contribution is 7.92. The van der Waals surface area contributed by atoms with Crippen LogP contribution in [0.3, 0.4) is 0 Å². The smallest absolute Gasteiger partial charge is 0.229 e. The molecule has 196 valence electrons. The third-order valence-electron chi connectivity index (χ3n) is 6.27. The molecular weight excluding hydrogens is 515 g/mol. The summed E-state index contributed by atoms with van der Waals surface area (Å²) in [5, 5.41) is 3.64. The average molecular weight is 545 g/mol. The van der Waals surface area contributed by atoms with Gasteiger partial charge < -0.3 is 10.2 Å². The predicted octanol–water partition coefficient (Wildman–Crippen LogP) is 4.31. The molecule has 11 heteroatoms. The zero-order valence-electron chi connectivity index (χ0n) is 21.3. The highest BCUT2D eigenvalue weighted by atomic mass is 35.5. The first kappa shape index (κ1) is 27.1. The molecule has 2 N–H and O–H groups in total. The number of hydrogen-bond acceptors (Lipinski definition) is 7. The van der Waals surface area contributed by atoms with Gasteiger partial charge in [0.1, 0.15) is 18.0 Å². The Labute approximate surface area is 222 Å². The summed E-state index contributed by atoms with van der Waals surface area (Å²) in [5.74, 6) is 6.45. The number of rotatable bonds is 5. The number of halogens is 2. The molecule has 0 saturated carbocycles. The van der Waals surface area contributed by atoms with Gasteiger partial charge in [0.15, 0.2) is 0 Å². The highest BCUT2D eigenvalue weighted by Gasteiger charge is 2.26. The van der Waals surface area contributed by atoms with Gasteiger partial charge in [-0.25, -0.2) is 22.8 Å². The maximum Gasteiger partial charge on any atom is 0.229 e. The van der Waals surface area contributed by atoms with Crippen molar-refractivity contribution in [2.24, 2.45) is 0 Å². The first-order valence-electron chi connectivity index (χ1n) is 11.9. The number of hydrogen-bond donors (Lipinski definition) is 2. The van der Waals surface area contributed by atoms with E-state index in [4.69, 9.17) is 11.6 Å². The summed E-state index contributed by atoms with van der Waals surface area (Å²) in [6.45, 7) is 8.01. The van der Waals surface area contributed by atoms with Crippen molar-refractivity contribution >= 4 is 49.7 Å². The zero-order valence-corrected chi connectivity index (χ0v) is 22.8. The molecule has 8 nitrogen and oxygen atoms in total. The summed E-state index contributed by atoms with van der Waals surface area (Å²) in [6, 6.07) is 7.63. The van der Waals surface area contributed by atoms with Crippen molar-refractivity contribution in [2.75, 3.05) is 49.5 Å². The van der Waals surface area contributed by atoms with Gasteiger partial charge >= 0.3 is 0 Å². The van der Waals surface area contributed by atoms with Gasteiger partial charge in [-0.2, -0.15) is 0 Å². The molecule has 0 aliphatic carbocycles. The quantitative estimate of drug-likeness (QED) is 0.463. The summed E-state index contributed by atoms with van der Waals surface area (Å²) in [7, 11) is -1.47. The topological polar surface area (TPSA) is 90.5 Å².